The van der Waals surface area contributed by atoms with Crippen LogP contribution in [0.3, 0.4) is 0 Å². The minimum absolute atomic E-state index is 0. The lowest BCUT2D eigenvalue weighted by Crippen LogP contribution is -1.90. The smallest absolute Gasteiger partial charge is 0.128 e. The fourth-order valence-corrected chi connectivity index (χ4v) is 1.30. The van der Waals surface area contributed by atoms with E-state index in [1.54, 1.807) is 6.07 Å². The first kappa shape index (κ1) is 11.5. The Bertz CT molecular complexity index is 265. The molecule has 1 heterocycles. The second-order valence-electron chi connectivity index (χ2n) is 2.44. The van der Waals surface area contributed by atoms with E-state index in [0.29, 0.717) is 0 Å². The molecule has 0 aliphatic carbocycles. The number of hydrogen-bond acceptors (Lipinski definition) is 1. The highest BCUT2D eigenvalue weighted by Gasteiger charge is 2.12. The molecule has 1 N–H and O–H groups in total. The van der Waals surface area contributed by atoms with Gasteiger partial charge in [-0.1, -0.05) is 6.07 Å². The van der Waals surface area contributed by atoms with Crippen LogP contribution in [-0.4, -0.2) is 6.54 Å². The molecule has 12 heavy (non-hydrogen) atoms. The number of nitrogens with one attached hydrogen (secondary N) is 1. The lowest BCUT2D eigenvalue weighted by atomic mass is 10.1. The zero-order chi connectivity index (χ0) is 6.97. The van der Waals surface area contributed by atoms with Crippen LogP contribution in [0.25, 0.3) is 0 Å². The summed E-state index contributed by atoms with van der Waals surface area (Å²) in [5.41, 5.74) is 1.79. The van der Waals surface area contributed by atoms with E-state index >= 15 is 0 Å². The molecule has 0 saturated heterocycles. The van der Waals surface area contributed by atoms with Crippen LogP contribution in [0.5, 0.6) is 0 Å². The van der Waals surface area contributed by atoms with E-state index < -0.39 is 0 Å². The van der Waals surface area contributed by atoms with Crippen molar-refractivity contribution in [2.24, 2.45) is 0 Å². The predicted molar refractivity (Wildman–Crippen MR) is 53.1 cm³/mol. The first-order valence-corrected chi connectivity index (χ1v) is 3.39. The number of benzene rings is 1. The summed E-state index contributed by atoms with van der Waals surface area (Å²) in [6.45, 7) is 0.871. The molecule has 1 nitrogen and oxygen atoms in total. The second kappa shape index (κ2) is 4.53. The molecule has 0 aromatic heterocycles. The van der Waals surface area contributed by atoms with Crippen LogP contribution in [0.15, 0.2) is 18.2 Å². The average molecular weight is 210 g/mol. The van der Waals surface area contributed by atoms with Gasteiger partial charge in [0, 0.05) is 17.8 Å². The lowest BCUT2D eigenvalue weighted by Gasteiger charge is -1.97. The van der Waals surface area contributed by atoms with Gasteiger partial charge in [0.05, 0.1) is 0 Å². The molecule has 0 bridgehead atoms. The Morgan fingerprint density at radius 3 is 2.67 bits per heavy atom. The highest BCUT2D eigenvalue weighted by atomic mass is 35.5. The largest absolute Gasteiger partial charge is 0.384 e. The standard InChI is InChI=1S/C8H8FN.2ClH/c9-7-2-1-3-8-6(7)4-5-10-8;;/h1-3,10H,4-5H2;2*1H. The van der Waals surface area contributed by atoms with Gasteiger partial charge in [0.1, 0.15) is 5.82 Å². The van der Waals surface area contributed by atoms with E-state index in [1.807, 2.05) is 6.07 Å². The Kier molecular flexibility index (Phi) is 4.35. The molecule has 2 rings (SSSR count). The summed E-state index contributed by atoms with van der Waals surface area (Å²) < 4.78 is 12.9. The summed E-state index contributed by atoms with van der Waals surface area (Å²) >= 11 is 0. The molecule has 1 aliphatic rings. The van der Waals surface area contributed by atoms with Gasteiger partial charge in [-0.05, 0) is 18.6 Å². The van der Waals surface area contributed by atoms with Gasteiger partial charge < -0.3 is 5.32 Å². The van der Waals surface area contributed by atoms with E-state index in [1.165, 1.54) is 6.07 Å². The van der Waals surface area contributed by atoms with Crippen LogP contribution in [0.4, 0.5) is 10.1 Å². The summed E-state index contributed by atoms with van der Waals surface area (Å²) in [5.74, 6) is -0.0810. The fraction of sp³-hybridized carbons (Fsp3) is 0.250. The molecule has 0 atom stereocenters. The van der Waals surface area contributed by atoms with E-state index in [-0.39, 0.29) is 30.6 Å². The van der Waals surface area contributed by atoms with E-state index in [9.17, 15) is 4.39 Å². The minimum Gasteiger partial charge on any atom is -0.384 e. The summed E-state index contributed by atoms with van der Waals surface area (Å²) in [5, 5.41) is 3.10. The van der Waals surface area contributed by atoms with Crippen molar-refractivity contribution in [3.63, 3.8) is 0 Å². The van der Waals surface area contributed by atoms with E-state index in [2.05, 4.69) is 5.32 Å². The average Bonchev–Trinajstić information content (AvgIpc) is 2.36. The van der Waals surface area contributed by atoms with Gasteiger partial charge in [-0.15, -0.1) is 24.8 Å². The van der Waals surface area contributed by atoms with Crippen LogP contribution < -0.4 is 5.32 Å². The summed E-state index contributed by atoms with van der Waals surface area (Å²) in [7, 11) is 0. The monoisotopic (exact) mass is 209 g/mol. The van der Waals surface area contributed by atoms with Crippen molar-refractivity contribution in [3.05, 3.63) is 29.6 Å². The number of rotatable bonds is 0. The molecule has 0 radical (unpaired) electrons. The zero-order valence-corrected chi connectivity index (χ0v) is 7.97. The number of fused-ring (bicyclic) bond motifs is 1. The molecule has 0 fully saturated rings. The highest BCUT2D eigenvalue weighted by Crippen LogP contribution is 2.23. The van der Waals surface area contributed by atoms with Crippen molar-refractivity contribution in [3.8, 4) is 0 Å². The maximum Gasteiger partial charge on any atom is 0.128 e. The first-order chi connectivity index (χ1) is 4.88. The molecule has 4 heteroatoms. The van der Waals surface area contributed by atoms with Crippen LogP contribution >= 0.6 is 24.8 Å². The van der Waals surface area contributed by atoms with Gasteiger partial charge in [-0.2, -0.15) is 0 Å². The van der Waals surface area contributed by atoms with E-state index in [4.69, 9.17) is 0 Å². The summed E-state index contributed by atoms with van der Waals surface area (Å²) in [4.78, 5) is 0. The molecular weight excluding hydrogens is 200 g/mol. The van der Waals surface area contributed by atoms with Crippen molar-refractivity contribution in [2.45, 2.75) is 6.42 Å². The van der Waals surface area contributed by atoms with Gasteiger partial charge in [-0.25, -0.2) is 4.39 Å². The predicted octanol–water partition coefficient (Wildman–Crippen LogP) is 2.64. The molecule has 0 saturated carbocycles. The van der Waals surface area contributed by atoms with Crippen LogP contribution in [-0.2, 0) is 6.42 Å². The molecule has 0 amide bonds. The summed E-state index contributed by atoms with van der Waals surface area (Å²) in [6, 6.07) is 5.14. The number of anilines is 1. The fourth-order valence-electron chi connectivity index (χ4n) is 1.30. The second-order valence-corrected chi connectivity index (χ2v) is 2.44. The van der Waals surface area contributed by atoms with Crippen LogP contribution in [0.2, 0.25) is 0 Å². The quantitative estimate of drug-likeness (QED) is 0.694. The normalized spacial score (nSPS) is 12.1. The molecular formula is C8H10Cl2FN. The van der Waals surface area contributed by atoms with Crippen LogP contribution in [0.1, 0.15) is 5.56 Å². The first-order valence-electron chi connectivity index (χ1n) is 3.39. The third-order valence-corrected chi connectivity index (χ3v) is 1.81. The number of halogens is 3. The Morgan fingerprint density at radius 1 is 1.25 bits per heavy atom. The molecule has 68 valence electrons. The summed E-state index contributed by atoms with van der Waals surface area (Å²) in [6.07, 6.45) is 0.821. The Morgan fingerprint density at radius 2 is 2.00 bits per heavy atom. The van der Waals surface area contributed by atoms with Crippen molar-refractivity contribution in [1.29, 1.82) is 0 Å². The zero-order valence-electron chi connectivity index (χ0n) is 6.34. The molecule has 1 aliphatic heterocycles. The maximum atomic E-state index is 12.9. The van der Waals surface area contributed by atoms with Gasteiger partial charge in [-0.3, -0.25) is 0 Å². The van der Waals surface area contributed by atoms with Gasteiger partial charge in [0.25, 0.3) is 0 Å². The molecule has 0 spiro atoms. The van der Waals surface area contributed by atoms with Crippen molar-refractivity contribution >= 4 is 30.5 Å². The van der Waals surface area contributed by atoms with Gasteiger partial charge in [0.2, 0.25) is 0 Å². The van der Waals surface area contributed by atoms with Crippen molar-refractivity contribution in [1.82, 2.24) is 0 Å². The molecule has 0 unspecified atom stereocenters. The molecule has 1 aromatic carbocycles. The van der Waals surface area contributed by atoms with Crippen LogP contribution in [0, 0.1) is 5.82 Å². The Balaban J connectivity index is 0.000000605. The minimum atomic E-state index is -0.0810. The molecule has 1 aromatic rings. The van der Waals surface area contributed by atoms with Crippen molar-refractivity contribution < 1.29 is 4.39 Å². The Labute approximate surface area is 83.2 Å². The maximum absolute atomic E-state index is 12.9. The van der Waals surface area contributed by atoms with Gasteiger partial charge >= 0.3 is 0 Å². The van der Waals surface area contributed by atoms with Gasteiger partial charge in [0.15, 0.2) is 0 Å². The van der Waals surface area contributed by atoms with Crippen molar-refractivity contribution in [2.75, 3.05) is 11.9 Å². The lowest BCUT2D eigenvalue weighted by molar-refractivity contribution is 0.615. The number of hydrogen-bond donors (Lipinski definition) is 1. The van der Waals surface area contributed by atoms with E-state index in [0.717, 1.165) is 24.2 Å². The topological polar surface area (TPSA) is 12.0 Å². The highest BCUT2D eigenvalue weighted by molar-refractivity contribution is 5.85. The Hall–Kier alpha value is -0.470. The third kappa shape index (κ3) is 1.82. The third-order valence-electron chi connectivity index (χ3n) is 1.81. The SMILES string of the molecule is Cl.Cl.Fc1cccc2c1CCN2.